The third kappa shape index (κ3) is 3.20. The number of carbonyl (C=O) groups is 2. The number of esters is 1. The van der Waals surface area contributed by atoms with E-state index in [0.717, 1.165) is 16.5 Å². The van der Waals surface area contributed by atoms with Crippen molar-refractivity contribution in [2.75, 3.05) is 6.61 Å². The summed E-state index contributed by atoms with van der Waals surface area (Å²) in [5.74, 6) is -0.599. The van der Waals surface area contributed by atoms with Gasteiger partial charge in [-0.2, -0.15) is 0 Å². The van der Waals surface area contributed by atoms with Gasteiger partial charge in [-0.3, -0.25) is 4.79 Å². The Morgan fingerprint density at radius 1 is 1.04 bits per heavy atom. The van der Waals surface area contributed by atoms with Crippen LogP contribution in [0.25, 0.3) is 10.9 Å². The Labute approximate surface area is 147 Å². The van der Waals surface area contributed by atoms with Gasteiger partial charge in [0.15, 0.2) is 5.78 Å². The first-order valence-electron chi connectivity index (χ1n) is 8.37. The Hall–Kier alpha value is -2.88. The van der Waals surface area contributed by atoms with E-state index in [1.165, 1.54) is 12.5 Å². The summed E-state index contributed by atoms with van der Waals surface area (Å²) in [6.45, 7) is 6.05. The molecule has 25 heavy (non-hydrogen) atoms. The van der Waals surface area contributed by atoms with Crippen LogP contribution in [0.3, 0.4) is 0 Å². The van der Waals surface area contributed by atoms with Crippen LogP contribution in [0.1, 0.15) is 45.8 Å². The van der Waals surface area contributed by atoms with Crippen LogP contribution < -0.4 is 0 Å². The van der Waals surface area contributed by atoms with Crippen molar-refractivity contribution in [3.63, 3.8) is 0 Å². The quantitative estimate of drug-likeness (QED) is 0.513. The Kier molecular flexibility index (Phi) is 4.70. The largest absolute Gasteiger partial charge is 0.461 e. The van der Waals surface area contributed by atoms with Crippen LogP contribution in [0.5, 0.6) is 0 Å². The fraction of sp³-hybridized carbons (Fsp3) is 0.238. The average Bonchev–Trinajstić information content (AvgIpc) is 2.92. The minimum Gasteiger partial charge on any atom is -0.461 e. The minimum atomic E-state index is -0.462. The lowest BCUT2D eigenvalue weighted by molar-refractivity contribution is 0.0512. The van der Waals surface area contributed by atoms with Gasteiger partial charge < -0.3 is 9.30 Å². The molecule has 0 unspecified atom stereocenters. The van der Waals surface area contributed by atoms with Gasteiger partial charge in [0.25, 0.3) is 0 Å². The maximum absolute atomic E-state index is 12.6. The highest BCUT2D eigenvalue weighted by Gasteiger charge is 2.26. The molecule has 1 heterocycles. The zero-order valence-electron chi connectivity index (χ0n) is 14.7. The second-order valence-corrected chi connectivity index (χ2v) is 6.09. The van der Waals surface area contributed by atoms with Crippen molar-refractivity contribution in [3.8, 4) is 0 Å². The summed E-state index contributed by atoms with van der Waals surface area (Å²) >= 11 is 0. The van der Waals surface area contributed by atoms with E-state index in [-0.39, 0.29) is 12.4 Å². The molecule has 0 aliphatic rings. The zero-order chi connectivity index (χ0) is 18.0. The topological polar surface area (TPSA) is 48.3 Å². The molecule has 2 aromatic carbocycles. The van der Waals surface area contributed by atoms with Crippen molar-refractivity contribution in [2.24, 2.45) is 0 Å². The van der Waals surface area contributed by atoms with Crippen molar-refractivity contribution in [1.82, 2.24) is 4.57 Å². The number of hydrogen-bond donors (Lipinski definition) is 0. The van der Waals surface area contributed by atoms with Crippen molar-refractivity contribution in [1.29, 1.82) is 0 Å². The second kappa shape index (κ2) is 6.93. The number of nitrogens with zero attached hydrogens (tertiary/aromatic N) is 1. The van der Waals surface area contributed by atoms with Gasteiger partial charge in [-0.15, -0.1) is 0 Å². The standard InChI is InChI=1S/C21H21NO3/c1-4-25-21(24)20-19(15(3)23)17-7-5-6-8-18(17)22(20)13-16-11-9-14(2)10-12-16/h5-12H,4,13H2,1-3H3. The van der Waals surface area contributed by atoms with Crippen molar-refractivity contribution in [2.45, 2.75) is 27.3 Å². The predicted molar refractivity (Wildman–Crippen MR) is 98.2 cm³/mol. The molecule has 0 atom stereocenters. The molecule has 3 rings (SSSR count). The number of fused-ring (bicyclic) bond motifs is 1. The molecule has 0 fully saturated rings. The molecule has 4 heteroatoms. The van der Waals surface area contributed by atoms with E-state index in [9.17, 15) is 9.59 Å². The van der Waals surface area contributed by atoms with Crippen LogP contribution in [-0.2, 0) is 11.3 Å². The van der Waals surface area contributed by atoms with Crippen LogP contribution in [0.15, 0.2) is 48.5 Å². The van der Waals surface area contributed by atoms with Gasteiger partial charge in [-0.05, 0) is 32.4 Å². The van der Waals surface area contributed by atoms with E-state index in [4.69, 9.17) is 4.74 Å². The van der Waals surface area contributed by atoms with Crippen molar-refractivity contribution in [3.05, 3.63) is 70.9 Å². The molecule has 0 amide bonds. The summed E-state index contributed by atoms with van der Waals surface area (Å²) in [5, 5.41) is 0.783. The van der Waals surface area contributed by atoms with E-state index < -0.39 is 5.97 Å². The highest BCUT2D eigenvalue weighted by molar-refractivity contribution is 6.14. The Bertz CT molecular complexity index is 936. The van der Waals surface area contributed by atoms with Crippen LogP contribution in [0.4, 0.5) is 0 Å². The first-order valence-corrected chi connectivity index (χ1v) is 8.37. The highest BCUT2D eigenvalue weighted by Crippen LogP contribution is 2.28. The number of ketones is 1. The molecule has 0 spiro atoms. The van der Waals surface area contributed by atoms with Gasteiger partial charge in [0.2, 0.25) is 0 Å². The van der Waals surface area contributed by atoms with Gasteiger partial charge in [0, 0.05) is 17.4 Å². The van der Waals surface area contributed by atoms with Gasteiger partial charge in [-0.1, -0.05) is 48.0 Å². The minimum absolute atomic E-state index is 0.137. The lowest BCUT2D eigenvalue weighted by Gasteiger charge is -2.11. The summed E-state index contributed by atoms with van der Waals surface area (Å²) < 4.78 is 7.12. The molecule has 3 aromatic rings. The summed E-state index contributed by atoms with van der Waals surface area (Å²) in [6.07, 6.45) is 0. The normalized spacial score (nSPS) is 10.8. The molecule has 128 valence electrons. The summed E-state index contributed by atoms with van der Waals surface area (Å²) in [7, 11) is 0. The number of hydrogen-bond acceptors (Lipinski definition) is 3. The smallest absolute Gasteiger partial charge is 0.355 e. The number of aromatic nitrogens is 1. The molecule has 0 N–H and O–H groups in total. The Balaban J connectivity index is 2.24. The zero-order valence-corrected chi connectivity index (χ0v) is 14.7. The van der Waals surface area contributed by atoms with E-state index in [2.05, 4.69) is 0 Å². The van der Waals surface area contributed by atoms with E-state index in [1.54, 1.807) is 6.92 Å². The lowest BCUT2D eigenvalue weighted by atomic mass is 10.1. The van der Waals surface area contributed by atoms with Crippen LogP contribution in [0.2, 0.25) is 0 Å². The second-order valence-electron chi connectivity index (χ2n) is 6.09. The lowest BCUT2D eigenvalue weighted by Crippen LogP contribution is -2.16. The van der Waals surface area contributed by atoms with E-state index >= 15 is 0 Å². The number of carbonyl (C=O) groups excluding carboxylic acids is 2. The number of aryl methyl sites for hydroxylation is 1. The molecular weight excluding hydrogens is 314 g/mol. The molecule has 0 bridgehead atoms. The number of Topliss-reactive ketones (excluding diaryl/α,β-unsaturated/α-hetero) is 1. The third-order valence-corrected chi connectivity index (χ3v) is 4.25. The maximum Gasteiger partial charge on any atom is 0.355 e. The van der Waals surface area contributed by atoms with Gasteiger partial charge in [-0.25, -0.2) is 4.79 Å². The fourth-order valence-corrected chi connectivity index (χ4v) is 3.11. The van der Waals surface area contributed by atoms with Crippen molar-refractivity contribution < 1.29 is 14.3 Å². The molecule has 0 saturated carbocycles. The molecule has 0 saturated heterocycles. The number of ether oxygens (including phenoxy) is 1. The number of para-hydroxylation sites is 1. The van der Waals surface area contributed by atoms with Crippen molar-refractivity contribution >= 4 is 22.7 Å². The highest BCUT2D eigenvalue weighted by atomic mass is 16.5. The summed E-state index contributed by atoms with van der Waals surface area (Å²) in [6, 6.07) is 15.7. The number of rotatable bonds is 5. The summed E-state index contributed by atoms with van der Waals surface area (Å²) in [4.78, 5) is 24.9. The van der Waals surface area contributed by atoms with Gasteiger partial charge in [0.05, 0.1) is 12.2 Å². The first kappa shape index (κ1) is 17.0. The van der Waals surface area contributed by atoms with E-state index in [0.29, 0.717) is 17.8 Å². The average molecular weight is 335 g/mol. The summed E-state index contributed by atoms with van der Waals surface area (Å²) in [5.41, 5.74) is 3.86. The Morgan fingerprint density at radius 2 is 1.72 bits per heavy atom. The first-order chi connectivity index (χ1) is 12.0. The predicted octanol–water partition coefficient (Wildman–Crippen LogP) is 4.38. The molecular formula is C21H21NO3. The molecule has 0 radical (unpaired) electrons. The third-order valence-electron chi connectivity index (χ3n) is 4.25. The molecule has 0 aliphatic carbocycles. The van der Waals surface area contributed by atoms with Crippen LogP contribution in [-0.4, -0.2) is 22.9 Å². The van der Waals surface area contributed by atoms with Gasteiger partial charge >= 0.3 is 5.97 Å². The molecule has 1 aromatic heterocycles. The van der Waals surface area contributed by atoms with Gasteiger partial charge in [0.1, 0.15) is 5.69 Å². The van der Waals surface area contributed by atoms with Crippen LogP contribution >= 0.6 is 0 Å². The fourth-order valence-electron chi connectivity index (χ4n) is 3.11. The maximum atomic E-state index is 12.6. The Morgan fingerprint density at radius 3 is 2.36 bits per heavy atom. The SMILES string of the molecule is CCOC(=O)c1c(C(C)=O)c2ccccc2n1Cc1ccc(C)cc1. The van der Waals surface area contributed by atoms with E-state index in [1.807, 2.05) is 60.0 Å². The molecule has 4 nitrogen and oxygen atoms in total. The van der Waals surface area contributed by atoms with Crippen LogP contribution in [0, 0.1) is 6.92 Å². The number of benzene rings is 2. The molecule has 0 aliphatic heterocycles. The monoisotopic (exact) mass is 335 g/mol.